The first-order valence-corrected chi connectivity index (χ1v) is 21.9. The second-order valence-corrected chi connectivity index (χ2v) is 17.6. The van der Waals surface area contributed by atoms with Crippen LogP contribution in [-0.2, 0) is 9.67 Å². The fourth-order valence-corrected chi connectivity index (χ4v) is 10.1. The summed E-state index contributed by atoms with van der Waals surface area (Å²) in [6, 6.07) is 27.3. The van der Waals surface area contributed by atoms with Crippen molar-refractivity contribution in [2.45, 2.75) is 49.8 Å². The molecule has 2 aliphatic heterocycles. The maximum absolute atomic E-state index is 15.7. The Morgan fingerprint density at radius 3 is 1.91 bits per heavy atom. The summed E-state index contributed by atoms with van der Waals surface area (Å²) in [6.07, 6.45) is 8.08. The Morgan fingerprint density at radius 2 is 1.36 bits per heavy atom. The zero-order valence-electron chi connectivity index (χ0n) is 34.0. The van der Waals surface area contributed by atoms with E-state index in [0.29, 0.717) is 64.1 Å². The summed E-state index contributed by atoms with van der Waals surface area (Å²) in [4.78, 5) is 17.7. The van der Waals surface area contributed by atoms with E-state index in [9.17, 15) is 0 Å². The maximum Gasteiger partial charge on any atom is 0.364 e. The van der Waals surface area contributed by atoms with Crippen molar-refractivity contribution in [2.75, 3.05) is 67.7 Å². The van der Waals surface area contributed by atoms with Gasteiger partial charge in [0.15, 0.2) is 23.0 Å². The summed E-state index contributed by atoms with van der Waals surface area (Å²) >= 11 is 14.3. The molecule has 4 aromatic carbocycles. The van der Waals surface area contributed by atoms with Crippen LogP contribution >= 0.6 is 35.0 Å². The van der Waals surface area contributed by atoms with Crippen LogP contribution in [0.3, 0.4) is 0 Å². The van der Waals surface area contributed by atoms with Gasteiger partial charge in [0.1, 0.15) is 34.3 Å². The number of hydrogen-bond donors (Lipinski definition) is 2. The Kier molecular flexibility index (Phi) is 13.8. The summed E-state index contributed by atoms with van der Waals surface area (Å²) in [6.45, 7) is 4.16. The normalized spacial score (nSPS) is 19.2. The van der Waals surface area contributed by atoms with Gasteiger partial charge in [-0.05, 0) is 93.3 Å². The molecule has 58 heavy (non-hydrogen) atoms. The molecule has 7 rings (SSSR count). The smallest absolute Gasteiger partial charge is 0.364 e. The number of methoxy groups -OCH3 is 2. The predicted molar refractivity (Wildman–Crippen MR) is 237 cm³/mol. The number of amides is 1. The summed E-state index contributed by atoms with van der Waals surface area (Å²) in [5.41, 5.74) is 4.35. The van der Waals surface area contributed by atoms with Crippen molar-refractivity contribution in [3.8, 4) is 23.0 Å². The number of quaternary nitrogens is 1. The molecule has 1 atom stereocenters. The molecule has 2 N–H and O–H groups in total. The lowest BCUT2D eigenvalue weighted by Crippen LogP contribution is -2.53. The van der Waals surface area contributed by atoms with E-state index in [1.807, 2.05) is 99.0 Å². The Labute approximate surface area is 357 Å². The van der Waals surface area contributed by atoms with E-state index in [2.05, 4.69) is 15.5 Å². The monoisotopic (exact) mass is 845 g/mol. The molecule has 1 fully saturated rings. The predicted octanol–water partition coefficient (Wildman–Crippen LogP) is 9.91. The number of ether oxygens (including phenoxy) is 4. The van der Waals surface area contributed by atoms with E-state index in [0.717, 1.165) is 60.2 Å². The Balaban J connectivity index is 1.23. The van der Waals surface area contributed by atoms with Crippen molar-refractivity contribution in [3.63, 3.8) is 0 Å². The highest BCUT2D eigenvalue weighted by Crippen LogP contribution is 2.56. The van der Waals surface area contributed by atoms with Gasteiger partial charge in [-0.1, -0.05) is 78.5 Å². The van der Waals surface area contributed by atoms with Gasteiger partial charge in [0.05, 0.1) is 20.8 Å². The fraction of sp³-hybridized carbons (Fsp3) is 0.413. The van der Waals surface area contributed by atoms with Gasteiger partial charge in [-0.15, -0.1) is 0 Å². The van der Waals surface area contributed by atoms with Crippen LogP contribution in [0.1, 0.15) is 56.1 Å². The average molecular weight is 847 g/mol. The summed E-state index contributed by atoms with van der Waals surface area (Å²) < 4.78 is 24.3. The summed E-state index contributed by atoms with van der Waals surface area (Å²) in [7, 11) is 7.37. The Hall–Kier alpha value is -3.90. The lowest BCUT2D eigenvalue weighted by atomic mass is 9.89. The second-order valence-electron chi connectivity index (χ2n) is 15.6. The van der Waals surface area contributed by atoms with E-state index in [1.165, 1.54) is 43.9 Å². The molecule has 308 valence electrons. The van der Waals surface area contributed by atoms with E-state index < -0.39 is 4.87 Å². The third-order valence-corrected chi connectivity index (χ3v) is 13.5. The van der Waals surface area contributed by atoms with Crippen LogP contribution in [-0.4, -0.2) is 78.5 Å². The van der Waals surface area contributed by atoms with Crippen molar-refractivity contribution in [2.24, 2.45) is 5.92 Å². The standard InChI is InChI=1S/C46H54Cl2N4O5S/c1-51(2)25-8-27-56-40-21-19-37(29-42(40)54-3)52(38-20-22-41(43(30-38)55-4)57-28-24-49-31-32-9-6-5-7-10-32)26-23-39-44(45(52)53)58-46(50-39,33-11-15-35(47)16-12-33)34-13-17-36(48)18-14-34/h11-22,29-30,32,49H,5-10,23-28,31H2,1-4H3/p+1. The number of nitrogens with one attached hydrogen (secondary N) is 2. The maximum atomic E-state index is 15.7. The number of halogens is 2. The lowest BCUT2D eigenvalue weighted by molar-refractivity contribution is -0.123. The lowest BCUT2D eigenvalue weighted by Gasteiger charge is -2.38. The molecule has 1 saturated carbocycles. The highest BCUT2D eigenvalue weighted by molar-refractivity contribution is 8.05. The van der Waals surface area contributed by atoms with Gasteiger partial charge in [-0.25, -0.2) is 4.79 Å². The minimum atomic E-state index is -0.794. The van der Waals surface area contributed by atoms with E-state index in [1.54, 1.807) is 14.2 Å². The van der Waals surface area contributed by atoms with Crippen LogP contribution in [0, 0.1) is 5.92 Å². The Bertz CT molecular complexity index is 2030. The first-order valence-electron chi connectivity index (χ1n) is 20.3. The molecule has 1 amide bonds. The second kappa shape index (κ2) is 19.0. The number of carbonyl (C=O) groups excluding carboxylic acids is 1. The zero-order chi connectivity index (χ0) is 40.7. The molecule has 1 aliphatic carbocycles. The van der Waals surface area contributed by atoms with Gasteiger partial charge < -0.3 is 34.5 Å². The molecule has 0 radical (unpaired) electrons. The molecule has 0 spiro atoms. The van der Waals surface area contributed by atoms with Gasteiger partial charge in [0, 0.05) is 59.5 Å². The van der Waals surface area contributed by atoms with E-state index in [4.69, 9.17) is 42.1 Å². The molecule has 3 aliphatic rings. The van der Waals surface area contributed by atoms with Gasteiger partial charge >= 0.3 is 5.91 Å². The number of nitrogens with zero attached hydrogens (tertiary/aromatic N) is 2. The van der Waals surface area contributed by atoms with Crippen molar-refractivity contribution >= 4 is 52.2 Å². The highest BCUT2D eigenvalue weighted by atomic mass is 35.5. The number of benzene rings is 4. The van der Waals surface area contributed by atoms with Crippen molar-refractivity contribution in [3.05, 3.63) is 117 Å². The van der Waals surface area contributed by atoms with Crippen LogP contribution in [0.5, 0.6) is 23.0 Å². The minimum absolute atomic E-state index is 0.0621. The molecule has 0 saturated heterocycles. The summed E-state index contributed by atoms with van der Waals surface area (Å²) in [5.74, 6) is 3.08. The van der Waals surface area contributed by atoms with E-state index >= 15 is 4.79 Å². The molecular formula is C46H55Cl2N4O5S+. The molecule has 0 bridgehead atoms. The largest absolute Gasteiger partial charge is 0.493 e. The number of thioether (sulfide) groups is 1. The fourth-order valence-electron chi connectivity index (χ4n) is 8.37. The third kappa shape index (κ3) is 8.98. The van der Waals surface area contributed by atoms with Crippen LogP contribution < -0.4 is 34.1 Å². The van der Waals surface area contributed by atoms with Crippen molar-refractivity contribution in [1.82, 2.24) is 20.0 Å². The third-order valence-electron chi connectivity index (χ3n) is 11.5. The Morgan fingerprint density at radius 1 is 0.793 bits per heavy atom. The van der Waals surface area contributed by atoms with E-state index in [-0.39, 0.29) is 10.4 Å². The van der Waals surface area contributed by atoms with Gasteiger partial charge in [0.25, 0.3) is 0 Å². The average Bonchev–Trinajstić information content (AvgIpc) is 3.65. The van der Waals surface area contributed by atoms with Gasteiger partial charge in [-0.2, -0.15) is 4.48 Å². The topological polar surface area (TPSA) is 81.3 Å². The molecule has 4 aromatic rings. The van der Waals surface area contributed by atoms with Crippen LogP contribution in [0.25, 0.3) is 0 Å². The van der Waals surface area contributed by atoms with Crippen molar-refractivity contribution in [1.29, 1.82) is 0 Å². The van der Waals surface area contributed by atoms with Gasteiger partial charge in [-0.3, -0.25) is 0 Å². The SMILES string of the molecule is COc1cc([N+]2(c3ccc(OCCNCC4CCCCC4)c(OC)c3)CCC3=C(SC(c4ccc(Cl)cc4)(c4ccc(Cl)cc4)N3)C2=O)ccc1OCCCN(C)C. The minimum Gasteiger partial charge on any atom is -0.493 e. The molecule has 2 heterocycles. The molecule has 12 heteroatoms. The molecule has 1 unspecified atom stereocenters. The number of rotatable bonds is 17. The van der Waals surface area contributed by atoms with Crippen LogP contribution in [0.4, 0.5) is 11.4 Å². The highest BCUT2D eigenvalue weighted by Gasteiger charge is 2.55. The quantitative estimate of drug-likeness (QED) is 0.0798. The van der Waals surface area contributed by atoms with Gasteiger partial charge in [0.2, 0.25) is 0 Å². The summed E-state index contributed by atoms with van der Waals surface area (Å²) in [5, 5.41) is 8.69. The number of carbonyl (C=O) groups is 1. The first-order chi connectivity index (χ1) is 28.2. The number of hydrogen-bond acceptors (Lipinski definition) is 9. The van der Waals surface area contributed by atoms with Crippen LogP contribution in [0.15, 0.2) is 95.5 Å². The molecular weight excluding hydrogens is 792 g/mol. The first kappa shape index (κ1) is 42.2. The zero-order valence-corrected chi connectivity index (χ0v) is 36.3. The molecule has 9 nitrogen and oxygen atoms in total. The van der Waals surface area contributed by atoms with Crippen LogP contribution in [0.2, 0.25) is 10.0 Å². The van der Waals surface area contributed by atoms with Crippen molar-refractivity contribution < 1.29 is 23.7 Å². The molecule has 0 aromatic heterocycles.